The first-order chi connectivity index (χ1) is 4.31. The average molecular weight is 143 g/mol. The third kappa shape index (κ3) is 5.25. The van der Waals surface area contributed by atoms with Gasteiger partial charge in [-0.25, -0.2) is 0 Å². The molecule has 0 rings (SSSR count). The fourth-order valence-electron chi connectivity index (χ4n) is 0.391. The highest BCUT2D eigenvalue weighted by atomic mass is 32.1. The molecule has 0 amide bonds. The fourth-order valence-corrected chi connectivity index (χ4v) is 0.611. The van der Waals surface area contributed by atoms with Crippen LogP contribution >= 0.6 is 12.2 Å². The van der Waals surface area contributed by atoms with Crippen LogP contribution in [0.1, 0.15) is 19.8 Å². The van der Waals surface area contributed by atoms with E-state index in [1.807, 2.05) is 13.0 Å². The Balaban J connectivity index is 3.19. The summed E-state index contributed by atoms with van der Waals surface area (Å²) in [5.41, 5.74) is 0. The van der Waals surface area contributed by atoms with Gasteiger partial charge in [-0.2, -0.15) is 5.26 Å². The molecule has 0 unspecified atom stereocenters. The van der Waals surface area contributed by atoms with Crippen LogP contribution in [0.25, 0.3) is 0 Å². The highest BCUT2D eigenvalue weighted by molar-refractivity contribution is 7.80. The lowest BCUT2D eigenvalue weighted by Crippen LogP contribution is -1.99. The first-order valence-electron chi connectivity index (χ1n) is 2.83. The monoisotopic (exact) mass is 143 g/mol. The molecule has 0 aliphatic heterocycles. The molecule has 0 spiro atoms. The largest absolute Gasteiger partial charge is 0.487 e. The Hall–Kier alpha value is -0.620. The van der Waals surface area contributed by atoms with Gasteiger partial charge < -0.3 is 4.74 Å². The van der Waals surface area contributed by atoms with Crippen LogP contribution in [-0.4, -0.2) is 11.7 Å². The predicted molar refractivity (Wildman–Crippen MR) is 39.1 cm³/mol. The standard InChI is InChI=1S/C6H9NOS/c1-2-8-6(9)4-3-5-7/h2-4H2,1H3. The molecule has 0 fully saturated rings. The molecule has 0 aromatic rings. The average Bonchev–Trinajstić information content (AvgIpc) is 1.85. The van der Waals surface area contributed by atoms with Crippen LogP contribution in [0.15, 0.2) is 0 Å². The van der Waals surface area contributed by atoms with Crippen LogP contribution in [0.3, 0.4) is 0 Å². The molecule has 0 aromatic heterocycles. The van der Waals surface area contributed by atoms with E-state index in [1.54, 1.807) is 0 Å². The van der Waals surface area contributed by atoms with Crippen molar-refractivity contribution < 1.29 is 4.74 Å². The van der Waals surface area contributed by atoms with E-state index in [0.717, 1.165) is 0 Å². The first-order valence-corrected chi connectivity index (χ1v) is 3.24. The molecule has 3 heteroatoms. The normalized spacial score (nSPS) is 8.00. The van der Waals surface area contributed by atoms with Gasteiger partial charge in [-0.15, -0.1) is 0 Å². The summed E-state index contributed by atoms with van der Waals surface area (Å²) in [7, 11) is 0. The molecule has 9 heavy (non-hydrogen) atoms. The van der Waals surface area contributed by atoms with Gasteiger partial charge in [-0.1, -0.05) is 0 Å². The van der Waals surface area contributed by atoms with Gasteiger partial charge in [0.25, 0.3) is 0 Å². The third-order valence-corrected chi connectivity index (χ3v) is 1.07. The summed E-state index contributed by atoms with van der Waals surface area (Å²) in [5.74, 6) is 0. The van der Waals surface area contributed by atoms with Gasteiger partial charge in [0, 0.05) is 12.8 Å². The smallest absolute Gasteiger partial charge is 0.160 e. The summed E-state index contributed by atoms with van der Waals surface area (Å²) in [6.45, 7) is 2.48. The minimum absolute atomic E-state index is 0.457. The Morgan fingerprint density at radius 2 is 2.44 bits per heavy atom. The molecule has 2 nitrogen and oxygen atoms in total. The summed E-state index contributed by atoms with van der Waals surface area (Å²) < 4.78 is 4.92. The van der Waals surface area contributed by atoms with E-state index in [1.165, 1.54) is 0 Å². The minimum Gasteiger partial charge on any atom is -0.487 e. The second kappa shape index (κ2) is 5.52. The van der Waals surface area contributed by atoms with E-state index in [0.29, 0.717) is 24.5 Å². The van der Waals surface area contributed by atoms with Crippen molar-refractivity contribution in [3.05, 3.63) is 0 Å². The number of hydrogen-bond acceptors (Lipinski definition) is 3. The SMILES string of the molecule is CCOC(=S)CCC#N. The number of hydrogen-bond donors (Lipinski definition) is 0. The summed E-state index contributed by atoms with van der Waals surface area (Å²) in [4.78, 5) is 0. The van der Waals surface area contributed by atoms with Crippen molar-refractivity contribution in [2.24, 2.45) is 0 Å². The van der Waals surface area contributed by atoms with Crippen LogP contribution in [0.5, 0.6) is 0 Å². The number of nitriles is 1. The van der Waals surface area contributed by atoms with E-state index < -0.39 is 0 Å². The summed E-state index contributed by atoms with van der Waals surface area (Å²) >= 11 is 4.75. The lowest BCUT2D eigenvalue weighted by atomic mass is 10.3. The van der Waals surface area contributed by atoms with Crippen molar-refractivity contribution in [2.45, 2.75) is 19.8 Å². The lowest BCUT2D eigenvalue weighted by Gasteiger charge is -1.99. The maximum absolute atomic E-state index is 8.12. The molecule has 0 N–H and O–H groups in total. The lowest BCUT2D eigenvalue weighted by molar-refractivity contribution is 0.327. The number of thiocarbonyl (C=S) groups is 1. The second-order valence-corrected chi connectivity index (χ2v) is 1.92. The van der Waals surface area contributed by atoms with E-state index in [4.69, 9.17) is 22.2 Å². The van der Waals surface area contributed by atoms with Gasteiger partial charge in [0.05, 0.1) is 12.7 Å². The Kier molecular flexibility index (Phi) is 5.14. The molecule has 0 radical (unpaired) electrons. The fraction of sp³-hybridized carbons (Fsp3) is 0.667. The van der Waals surface area contributed by atoms with Crippen molar-refractivity contribution >= 4 is 17.3 Å². The quantitative estimate of drug-likeness (QED) is 0.563. The first kappa shape index (κ1) is 8.38. The maximum atomic E-state index is 8.12. The zero-order chi connectivity index (χ0) is 7.11. The van der Waals surface area contributed by atoms with Gasteiger partial charge >= 0.3 is 0 Å². The Labute approximate surface area is 60.4 Å². The minimum atomic E-state index is 0.457. The van der Waals surface area contributed by atoms with Crippen molar-refractivity contribution in [1.29, 1.82) is 5.26 Å². The molecule has 0 saturated carbocycles. The molecule has 50 valence electrons. The van der Waals surface area contributed by atoms with Gasteiger partial charge in [0.1, 0.15) is 0 Å². The van der Waals surface area contributed by atoms with Crippen molar-refractivity contribution in [3.63, 3.8) is 0 Å². The van der Waals surface area contributed by atoms with Crippen LogP contribution < -0.4 is 0 Å². The molecule has 0 saturated heterocycles. The van der Waals surface area contributed by atoms with E-state index in [9.17, 15) is 0 Å². The summed E-state index contributed by atoms with van der Waals surface area (Å²) in [5, 5.41) is 8.66. The number of rotatable bonds is 3. The second-order valence-electron chi connectivity index (χ2n) is 1.46. The zero-order valence-corrected chi connectivity index (χ0v) is 6.20. The molecule has 0 aliphatic carbocycles. The van der Waals surface area contributed by atoms with Crippen LogP contribution in [0, 0.1) is 11.3 Å². The van der Waals surface area contributed by atoms with E-state index >= 15 is 0 Å². The summed E-state index contributed by atoms with van der Waals surface area (Å²) in [6, 6.07) is 1.99. The Morgan fingerprint density at radius 3 is 2.89 bits per heavy atom. The third-order valence-electron chi connectivity index (χ3n) is 0.746. The Bertz CT molecular complexity index is 128. The molecule has 0 aromatic carbocycles. The van der Waals surface area contributed by atoms with Gasteiger partial charge in [0.2, 0.25) is 0 Å². The zero-order valence-electron chi connectivity index (χ0n) is 5.39. The van der Waals surface area contributed by atoms with Crippen molar-refractivity contribution in [2.75, 3.05) is 6.61 Å². The summed E-state index contributed by atoms with van der Waals surface area (Å²) in [6.07, 6.45) is 1.04. The maximum Gasteiger partial charge on any atom is 0.160 e. The molecule has 0 bridgehead atoms. The molecule has 0 atom stereocenters. The van der Waals surface area contributed by atoms with Crippen molar-refractivity contribution in [1.82, 2.24) is 0 Å². The van der Waals surface area contributed by atoms with Crippen molar-refractivity contribution in [3.8, 4) is 6.07 Å². The molecular weight excluding hydrogens is 134 g/mol. The number of ether oxygens (including phenoxy) is 1. The van der Waals surface area contributed by atoms with Gasteiger partial charge in [0.15, 0.2) is 5.05 Å². The molecule has 0 aliphatic rings. The van der Waals surface area contributed by atoms with E-state index in [-0.39, 0.29) is 0 Å². The van der Waals surface area contributed by atoms with E-state index in [2.05, 4.69) is 0 Å². The van der Waals surface area contributed by atoms with Gasteiger partial charge in [-0.3, -0.25) is 0 Å². The predicted octanol–water partition coefficient (Wildman–Crippen LogP) is 1.65. The van der Waals surface area contributed by atoms with Crippen LogP contribution in [-0.2, 0) is 4.74 Å². The molecule has 0 heterocycles. The highest BCUT2D eigenvalue weighted by Crippen LogP contribution is 1.92. The molecular formula is C6H9NOS. The van der Waals surface area contributed by atoms with Crippen LogP contribution in [0.2, 0.25) is 0 Å². The highest BCUT2D eigenvalue weighted by Gasteiger charge is 1.92. The number of nitrogens with zero attached hydrogens (tertiary/aromatic N) is 1. The topological polar surface area (TPSA) is 33.0 Å². The Morgan fingerprint density at radius 1 is 1.78 bits per heavy atom. The van der Waals surface area contributed by atoms with Crippen LogP contribution in [0.4, 0.5) is 0 Å². The van der Waals surface area contributed by atoms with Gasteiger partial charge in [-0.05, 0) is 19.1 Å².